The lowest BCUT2D eigenvalue weighted by molar-refractivity contribution is -0.885. The summed E-state index contributed by atoms with van der Waals surface area (Å²) in [6.07, 6.45) is 8.85. The fourth-order valence-corrected chi connectivity index (χ4v) is 8.19. The lowest BCUT2D eigenvalue weighted by Crippen LogP contribution is -3.11. The molecule has 5 aliphatic rings. The molecule has 9 nitrogen and oxygen atoms in total. The summed E-state index contributed by atoms with van der Waals surface area (Å²) < 4.78 is 6.51. The normalized spacial score (nSPS) is 27.3. The van der Waals surface area contributed by atoms with Crippen molar-refractivity contribution in [3.63, 3.8) is 0 Å². The average molecular weight is 652 g/mol. The smallest absolute Gasteiger partial charge is 0.247 e. The number of aryl methyl sites for hydroxylation is 1. The first kappa shape index (κ1) is 32.8. The molecule has 4 heterocycles. The number of aliphatic hydroxyl groups is 2. The van der Waals surface area contributed by atoms with Crippen LogP contribution in [0.1, 0.15) is 117 Å². The van der Waals surface area contributed by atoms with E-state index in [1.54, 1.807) is 18.2 Å². The number of Topliss-reactive ketones (excluding diaryl/α,β-unsaturated/α-hetero) is 1. The molecule has 48 heavy (non-hydrogen) atoms. The maximum absolute atomic E-state index is 12.6. The molecule has 0 aromatic heterocycles. The molecule has 9 heteroatoms. The van der Waals surface area contributed by atoms with Gasteiger partial charge in [-0.05, 0) is 77.1 Å². The van der Waals surface area contributed by atoms with Gasteiger partial charge in [0.2, 0.25) is 6.23 Å². The highest BCUT2D eigenvalue weighted by molar-refractivity contribution is 5.89. The lowest BCUT2D eigenvalue weighted by atomic mass is 9.68. The van der Waals surface area contributed by atoms with Crippen LogP contribution in [0.15, 0.2) is 58.4 Å². The number of rotatable bonds is 11. The van der Waals surface area contributed by atoms with Crippen molar-refractivity contribution in [1.82, 2.24) is 5.32 Å². The molecule has 2 aromatic carbocycles. The first-order chi connectivity index (χ1) is 23.3. The summed E-state index contributed by atoms with van der Waals surface area (Å²) in [5.74, 6) is 7.16. The van der Waals surface area contributed by atoms with E-state index in [-0.39, 0.29) is 30.0 Å². The largest absolute Gasteiger partial charge is 0.504 e. The zero-order valence-electron chi connectivity index (χ0n) is 27.7. The predicted molar refractivity (Wildman–Crippen MR) is 183 cm³/mol. The molecule has 1 unspecified atom stereocenters. The van der Waals surface area contributed by atoms with Crippen LogP contribution in [-0.2, 0) is 11.2 Å². The summed E-state index contributed by atoms with van der Waals surface area (Å²) in [6.45, 7) is 3.63. The van der Waals surface area contributed by atoms with Gasteiger partial charge in [0.05, 0.1) is 12.3 Å². The molecular weight excluding hydrogens is 604 g/mol. The van der Waals surface area contributed by atoms with E-state index >= 15 is 0 Å². The Morgan fingerprint density at radius 3 is 2.90 bits per heavy atom. The number of benzene rings is 2. The van der Waals surface area contributed by atoms with Crippen molar-refractivity contribution in [2.75, 3.05) is 13.1 Å². The molecule has 0 saturated heterocycles. The third-order valence-electron chi connectivity index (χ3n) is 10.7. The van der Waals surface area contributed by atoms with Crippen LogP contribution in [0.4, 0.5) is 0 Å². The van der Waals surface area contributed by atoms with E-state index in [9.17, 15) is 20.1 Å². The summed E-state index contributed by atoms with van der Waals surface area (Å²) >= 11 is 0. The summed E-state index contributed by atoms with van der Waals surface area (Å²) in [7, 11) is 0. The number of aromatic hydroxyl groups is 1. The van der Waals surface area contributed by atoms with Crippen LogP contribution in [0.25, 0.3) is 0 Å². The number of aliphatic imine (C=N–C) groups is 1. The number of fused-ring (bicyclic) bond motifs is 2. The van der Waals surface area contributed by atoms with Crippen LogP contribution < -0.4 is 20.7 Å². The number of unbranched alkanes of at least 4 members (excludes halogenated alkanes) is 2. The van der Waals surface area contributed by atoms with Crippen LogP contribution in [0, 0.1) is 11.8 Å². The number of allylic oxidation sites excluding steroid dienone is 1. The van der Waals surface area contributed by atoms with Crippen LogP contribution in [0.5, 0.6) is 11.5 Å². The van der Waals surface area contributed by atoms with Crippen molar-refractivity contribution in [1.29, 1.82) is 0 Å². The first-order valence-electron chi connectivity index (χ1n) is 17.7. The molecule has 7 atom stereocenters. The molecule has 0 spiro atoms. The van der Waals surface area contributed by atoms with E-state index in [4.69, 9.17) is 15.5 Å². The lowest BCUT2D eigenvalue weighted by Gasteiger charge is -2.40. The second-order valence-electron chi connectivity index (χ2n) is 14.0. The molecule has 2 aromatic rings. The number of nitrogens with two attached hydrogens (primary N) is 1. The van der Waals surface area contributed by atoms with Gasteiger partial charge in [0.1, 0.15) is 36.7 Å². The second-order valence-corrected chi connectivity index (χ2v) is 14.0. The standard InChI is InChI=1S/C39H46N4O5/c1-2-3-4-6-25(44)18-26(45)12-9-23-10-16-34(47)35(17-23)48-36-8-5-7-33(46)28-14-15-29-37-24(19-42-39(29)40)11-13-27(38(28)37)30-20-41-32-22-43(36)21-31(30)32/h10,14-17,20,22,24-25,27,33,36,39,42,44,46-47H,2-4,6,8-9,11-13,18-19,21,40H2,1H3/p+1/t24-,25-,27+,33+,36+,39-/m1/s1. The van der Waals surface area contributed by atoms with Gasteiger partial charge in [-0.1, -0.05) is 56.2 Å². The zero-order chi connectivity index (χ0) is 33.4. The fourth-order valence-electron chi connectivity index (χ4n) is 8.19. The molecule has 252 valence electrons. The number of nitrogens with one attached hydrogen (secondary N) is 2. The van der Waals surface area contributed by atoms with Gasteiger partial charge in [-0.2, -0.15) is 0 Å². The van der Waals surface area contributed by atoms with Crippen molar-refractivity contribution >= 4 is 12.0 Å². The van der Waals surface area contributed by atoms with Crippen molar-refractivity contribution in [3.8, 4) is 23.3 Å². The average Bonchev–Trinajstić information content (AvgIpc) is 3.67. The number of quaternary nitrogens is 1. The number of phenolic OH excluding ortho intramolecular Hbond substituents is 1. The second kappa shape index (κ2) is 14.0. The van der Waals surface area contributed by atoms with Crippen LogP contribution in [0.2, 0.25) is 0 Å². The molecule has 0 radical (unpaired) electrons. The Morgan fingerprint density at radius 2 is 2.04 bits per heavy atom. The highest BCUT2D eigenvalue weighted by Gasteiger charge is 2.42. The molecule has 2 bridgehead atoms. The third-order valence-corrected chi connectivity index (χ3v) is 10.7. The number of phenols is 1. The minimum absolute atomic E-state index is 0.0167. The quantitative estimate of drug-likeness (QED) is 0.161. The molecule has 0 fully saturated rings. The Labute approximate surface area is 282 Å². The Hall–Kier alpha value is -3.78. The highest BCUT2D eigenvalue weighted by atomic mass is 16.5. The van der Waals surface area contributed by atoms with Gasteiger partial charge in [0.15, 0.2) is 11.5 Å². The molecule has 1 aliphatic carbocycles. The minimum atomic E-state index is -0.962. The number of aliphatic hydroxyl groups excluding tert-OH is 2. The van der Waals surface area contributed by atoms with Gasteiger partial charge < -0.3 is 25.8 Å². The van der Waals surface area contributed by atoms with Gasteiger partial charge in [0.25, 0.3) is 0 Å². The van der Waals surface area contributed by atoms with E-state index in [0.717, 1.165) is 65.9 Å². The summed E-state index contributed by atoms with van der Waals surface area (Å²) in [6, 6.07) is 9.25. The summed E-state index contributed by atoms with van der Waals surface area (Å²) in [5, 5.41) is 36.0. The van der Waals surface area contributed by atoms with E-state index in [2.05, 4.69) is 36.3 Å². The molecule has 7 N–H and O–H groups in total. The number of ketones is 1. The highest BCUT2D eigenvalue weighted by Crippen LogP contribution is 2.50. The number of hydrogen-bond acceptors (Lipinski definition) is 8. The molecule has 7 rings (SSSR count). The maximum Gasteiger partial charge on any atom is 0.247 e. The van der Waals surface area contributed by atoms with Crippen molar-refractivity contribution < 1.29 is 29.8 Å². The number of nitrogens with zero attached hydrogens (tertiary/aromatic N) is 1. The van der Waals surface area contributed by atoms with Gasteiger partial charge in [-0.15, -0.1) is 0 Å². The number of hydrogen-bond donors (Lipinski definition) is 6. The molecule has 0 amide bonds. The monoisotopic (exact) mass is 651 g/mol. The van der Waals surface area contributed by atoms with Crippen LogP contribution in [0.3, 0.4) is 0 Å². The van der Waals surface area contributed by atoms with Crippen molar-refractivity contribution in [2.24, 2.45) is 10.7 Å². The number of carbonyl (C=O) groups is 1. The zero-order valence-corrected chi connectivity index (χ0v) is 27.7. The van der Waals surface area contributed by atoms with E-state index in [1.165, 1.54) is 22.3 Å². The molecule has 4 aliphatic heterocycles. The molecular formula is C39H47N4O5+. The van der Waals surface area contributed by atoms with Gasteiger partial charge >= 0.3 is 0 Å². The number of carbonyl (C=O) groups excluding carboxylic acids is 1. The van der Waals surface area contributed by atoms with Crippen LogP contribution >= 0.6 is 0 Å². The Bertz CT molecular complexity index is 1740. The minimum Gasteiger partial charge on any atom is -0.504 e. The Balaban J connectivity index is 1.13. The van der Waals surface area contributed by atoms with Crippen LogP contribution in [-0.4, -0.2) is 52.7 Å². The van der Waals surface area contributed by atoms with Gasteiger partial charge in [-0.25, -0.2) is 0 Å². The summed E-state index contributed by atoms with van der Waals surface area (Å²) in [5.41, 5.74) is 15.1. The first-order valence-corrected chi connectivity index (χ1v) is 17.7. The topological polar surface area (TPSA) is 142 Å². The predicted octanol–water partition coefficient (Wildman–Crippen LogP) is 3.71. The van der Waals surface area contributed by atoms with Crippen molar-refractivity contribution in [3.05, 3.63) is 81.2 Å². The van der Waals surface area contributed by atoms with Gasteiger partial charge in [0, 0.05) is 37.1 Å². The molecule has 0 saturated carbocycles. The Morgan fingerprint density at radius 1 is 1.19 bits per heavy atom. The maximum atomic E-state index is 12.6. The Kier molecular flexibility index (Phi) is 9.54. The van der Waals surface area contributed by atoms with Crippen molar-refractivity contribution in [2.45, 2.75) is 108 Å². The summed E-state index contributed by atoms with van der Waals surface area (Å²) in [4.78, 5) is 18.5. The van der Waals surface area contributed by atoms with E-state index in [1.807, 2.05) is 12.3 Å². The fraction of sp³-hybridized carbons (Fsp3) is 0.487. The van der Waals surface area contributed by atoms with Gasteiger partial charge in [-0.3, -0.25) is 20.0 Å². The van der Waals surface area contributed by atoms with E-state index in [0.29, 0.717) is 43.9 Å². The van der Waals surface area contributed by atoms with E-state index < -0.39 is 18.4 Å². The number of ether oxygens (including phenoxy) is 1. The SMILES string of the molecule is CCCCC[C@@H](O)CC(=O)CCc1ccc(O)c(O[C@H]2CC#C[C@H](O)c3ccc4c5c3[C@@H](CC[C@@H]5CN[C@H]4N)C3=C4C[NH+]2C=C4N=C3)c1. The third kappa shape index (κ3) is 6.48.